The van der Waals surface area contributed by atoms with E-state index in [0.717, 1.165) is 37.2 Å². The highest BCUT2D eigenvalue weighted by molar-refractivity contribution is 5.93. The molecule has 1 fully saturated rings. The minimum Gasteiger partial charge on any atom is -0.343 e. The molecule has 3 aromatic rings. The number of benzene rings is 1. The second-order valence-corrected chi connectivity index (χ2v) is 5.67. The number of hydrogen-bond acceptors (Lipinski definition) is 3. The molecule has 0 saturated carbocycles. The largest absolute Gasteiger partial charge is 0.343 e. The molecule has 0 spiro atoms. The van der Waals surface area contributed by atoms with Crippen LogP contribution in [0.5, 0.6) is 0 Å². The Kier molecular flexibility index (Phi) is 3.51. The van der Waals surface area contributed by atoms with E-state index >= 15 is 0 Å². The van der Waals surface area contributed by atoms with Crippen LogP contribution in [0.2, 0.25) is 0 Å². The third-order valence-electron chi connectivity index (χ3n) is 4.09. The fraction of sp³-hybridized carbons (Fsp3) is 0.235. The van der Waals surface area contributed by atoms with E-state index in [1.165, 1.54) is 0 Å². The summed E-state index contributed by atoms with van der Waals surface area (Å²) in [6, 6.07) is 13.3. The van der Waals surface area contributed by atoms with Crippen molar-refractivity contribution in [1.29, 1.82) is 0 Å². The minimum atomic E-state index is -0.00365. The van der Waals surface area contributed by atoms with Gasteiger partial charge >= 0.3 is 0 Å². The first-order valence-electron chi connectivity index (χ1n) is 7.84. The zero-order valence-electron chi connectivity index (χ0n) is 12.7. The summed E-state index contributed by atoms with van der Waals surface area (Å²) in [6.45, 7) is 3.45. The average molecular weight is 308 g/mol. The number of aromatic nitrogens is 3. The van der Waals surface area contributed by atoms with Gasteiger partial charge in [-0.25, -0.2) is 9.97 Å². The fourth-order valence-corrected chi connectivity index (χ4v) is 2.88. The van der Waals surface area contributed by atoms with Crippen molar-refractivity contribution in [3.05, 3.63) is 48.2 Å². The first kappa shape index (κ1) is 13.9. The quantitative estimate of drug-likeness (QED) is 0.729. The number of nitrogens with one attached hydrogen (secondary N) is 1. The highest BCUT2D eigenvalue weighted by Crippen LogP contribution is 2.19. The summed E-state index contributed by atoms with van der Waals surface area (Å²) in [5, 5.41) is 2.22. The Labute approximate surface area is 133 Å². The van der Waals surface area contributed by atoms with Gasteiger partial charge in [0, 0.05) is 0 Å². The van der Waals surface area contributed by atoms with Crippen molar-refractivity contribution in [1.82, 2.24) is 19.9 Å². The molecule has 23 heavy (non-hydrogen) atoms. The number of hydrogen-bond donors (Lipinski definition) is 2. The summed E-state index contributed by atoms with van der Waals surface area (Å²) < 4.78 is 0. The number of piperazine rings is 1. The molecule has 1 aliphatic heterocycles. The predicted molar refractivity (Wildman–Crippen MR) is 86.9 cm³/mol. The number of amides is 1. The van der Waals surface area contributed by atoms with Gasteiger partial charge in [-0.2, -0.15) is 0 Å². The van der Waals surface area contributed by atoms with E-state index in [0.29, 0.717) is 17.2 Å². The number of nitrogens with zero attached hydrogens (tertiary/aromatic N) is 3. The van der Waals surface area contributed by atoms with Gasteiger partial charge in [0.25, 0.3) is 5.91 Å². The molecule has 1 saturated heterocycles. The van der Waals surface area contributed by atoms with Gasteiger partial charge in [-0.05, 0) is 24.3 Å². The van der Waals surface area contributed by atoms with Gasteiger partial charge in [0.2, 0.25) is 0 Å². The molecule has 3 N–H and O–H groups in total. The van der Waals surface area contributed by atoms with E-state index in [-0.39, 0.29) is 5.91 Å². The fourth-order valence-electron chi connectivity index (χ4n) is 2.88. The Morgan fingerprint density at radius 3 is 2.70 bits per heavy atom. The summed E-state index contributed by atoms with van der Waals surface area (Å²) in [4.78, 5) is 26.8. The van der Waals surface area contributed by atoms with Crippen LogP contribution in [-0.4, -0.2) is 51.9 Å². The lowest BCUT2D eigenvalue weighted by molar-refractivity contribution is -0.661. The number of quaternary nitrogens is 1. The number of para-hydroxylation sites is 2. The second-order valence-electron chi connectivity index (χ2n) is 5.67. The number of carbonyl (C=O) groups is 1. The van der Waals surface area contributed by atoms with Gasteiger partial charge in [0.05, 0.1) is 37.2 Å². The topological polar surface area (TPSA) is 78.5 Å². The van der Waals surface area contributed by atoms with Gasteiger partial charge in [-0.3, -0.25) is 4.79 Å². The third-order valence-corrected chi connectivity index (χ3v) is 4.09. The van der Waals surface area contributed by atoms with Gasteiger partial charge in [-0.1, -0.05) is 18.2 Å². The summed E-state index contributed by atoms with van der Waals surface area (Å²) in [6.07, 6.45) is 0. The predicted octanol–water partition coefficient (Wildman–Crippen LogP) is 0.644. The van der Waals surface area contributed by atoms with E-state index < -0.39 is 0 Å². The maximum atomic E-state index is 12.6. The molecular weight excluding hydrogens is 290 g/mol. The smallest absolute Gasteiger partial charge is 0.272 e. The normalized spacial score (nSPS) is 15.0. The zero-order chi connectivity index (χ0) is 15.6. The number of fused-ring (bicyclic) bond motifs is 1. The maximum Gasteiger partial charge on any atom is 0.272 e. The molecule has 1 amide bonds. The van der Waals surface area contributed by atoms with Crippen LogP contribution in [0.15, 0.2) is 42.5 Å². The first-order chi connectivity index (χ1) is 11.3. The molecule has 0 bridgehead atoms. The molecule has 4 rings (SSSR count). The number of carbonyl (C=O) groups excluding carboxylic acids is 1. The molecule has 0 unspecified atom stereocenters. The Morgan fingerprint density at radius 2 is 1.87 bits per heavy atom. The minimum absolute atomic E-state index is 0.00365. The number of nitrogens with two attached hydrogens (primary N) is 1. The van der Waals surface area contributed by atoms with Crippen LogP contribution >= 0.6 is 0 Å². The van der Waals surface area contributed by atoms with Gasteiger partial charge in [0.1, 0.15) is 11.4 Å². The maximum absolute atomic E-state index is 12.6. The Hall–Kier alpha value is -2.73. The van der Waals surface area contributed by atoms with Crippen molar-refractivity contribution in [3.63, 3.8) is 0 Å². The van der Waals surface area contributed by atoms with Crippen molar-refractivity contribution >= 4 is 16.9 Å². The van der Waals surface area contributed by atoms with Crippen LogP contribution in [0.4, 0.5) is 0 Å². The lowest BCUT2D eigenvalue weighted by Gasteiger charge is -2.24. The van der Waals surface area contributed by atoms with Crippen molar-refractivity contribution in [2.24, 2.45) is 0 Å². The van der Waals surface area contributed by atoms with Crippen LogP contribution in [-0.2, 0) is 0 Å². The molecule has 3 heterocycles. The molecule has 6 nitrogen and oxygen atoms in total. The summed E-state index contributed by atoms with van der Waals surface area (Å²) in [7, 11) is 0. The molecule has 116 valence electrons. The molecule has 1 aromatic carbocycles. The van der Waals surface area contributed by atoms with Gasteiger partial charge in [-0.15, -0.1) is 0 Å². The summed E-state index contributed by atoms with van der Waals surface area (Å²) >= 11 is 0. The summed E-state index contributed by atoms with van der Waals surface area (Å²) in [5.74, 6) is 0.684. The van der Waals surface area contributed by atoms with Gasteiger partial charge in [0.15, 0.2) is 5.82 Å². The van der Waals surface area contributed by atoms with Crippen LogP contribution < -0.4 is 5.32 Å². The van der Waals surface area contributed by atoms with Crippen LogP contribution in [0.25, 0.3) is 22.6 Å². The van der Waals surface area contributed by atoms with E-state index in [9.17, 15) is 4.79 Å². The van der Waals surface area contributed by atoms with Crippen LogP contribution in [0.3, 0.4) is 0 Å². The number of aromatic amines is 1. The molecule has 1 aliphatic rings. The van der Waals surface area contributed by atoms with Crippen LogP contribution in [0, 0.1) is 0 Å². The second kappa shape index (κ2) is 5.81. The van der Waals surface area contributed by atoms with Crippen molar-refractivity contribution in [3.8, 4) is 11.5 Å². The first-order valence-corrected chi connectivity index (χ1v) is 7.84. The van der Waals surface area contributed by atoms with E-state index in [2.05, 4.69) is 20.3 Å². The molecule has 6 heteroatoms. The Bertz CT molecular complexity index is 818. The molecule has 0 aliphatic carbocycles. The molecular formula is C17H18N5O+. The number of H-pyrrole nitrogens is 1. The highest BCUT2D eigenvalue weighted by Gasteiger charge is 2.21. The monoisotopic (exact) mass is 308 g/mol. The standard InChI is InChI=1S/C17H17N5O/c23-17(22-10-8-18-9-11-22)15-7-3-6-14(19-15)16-20-12-4-1-2-5-13(12)21-16/h1-7,18H,8-11H2,(H,20,21)/p+1. The SMILES string of the molecule is O=C(c1cccc(-c2nc3ccccc3[nH]2)n1)N1CC[NH2+]CC1. The summed E-state index contributed by atoms with van der Waals surface area (Å²) in [5.41, 5.74) is 3.03. The van der Waals surface area contributed by atoms with E-state index in [1.807, 2.05) is 41.3 Å². The van der Waals surface area contributed by atoms with Crippen molar-refractivity contribution < 1.29 is 10.1 Å². The zero-order valence-corrected chi connectivity index (χ0v) is 12.7. The molecule has 0 atom stereocenters. The number of imidazole rings is 1. The third kappa shape index (κ3) is 2.68. The Balaban J connectivity index is 1.66. The average Bonchev–Trinajstić information content (AvgIpc) is 3.06. The van der Waals surface area contributed by atoms with Crippen molar-refractivity contribution in [2.45, 2.75) is 0 Å². The van der Waals surface area contributed by atoms with Gasteiger partial charge < -0.3 is 15.2 Å². The van der Waals surface area contributed by atoms with E-state index in [1.54, 1.807) is 6.07 Å². The Morgan fingerprint density at radius 1 is 1.04 bits per heavy atom. The van der Waals surface area contributed by atoms with Crippen molar-refractivity contribution in [2.75, 3.05) is 26.2 Å². The number of pyridine rings is 1. The van der Waals surface area contributed by atoms with E-state index in [4.69, 9.17) is 0 Å². The highest BCUT2D eigenvalue weighted by atomic mass is 16.2. The number of rotatable bonds is 2. The lowest BCUT2D eigenvalue weighted by atomic mass is 10.2. The molecule has 2 aromatic heterocycles. The van der Waals surface area contributed by atoms with Crippen LogP contribution in [0.1, 0.15) is 10.5 Å². The lowest BCUT2D eigenvalue weighted by Crippen LogP contribution is -2.89. The molecule has 0 radical (unpaired) electrons.